The highest BCUT2D eigenvalue weighted by Crippen LogP contribution is 2.29. The number of carbonyl (C=O) groups excluding carboxylic acids is 1. The number of anilines is 1. The Morgan fingerprint density at radius 3 is 2.39 bits per heavy atom. The molecule has 1 aliphatic heterocycles. The van der Waals surface area contributed by atoms with Gasteiger partial charge in [-0.2, -0.15) is 4.31 Å². The zero-order valence-electron chi connectivity index (χ0n) is 18.3. The lowest BCUT2D eigenvalue weighted by Crippen LogP contribution is -2.55. The number of halogens is 1. The minimum atomic E-state index is -3.63. The number of sulfonamides is 1. The van der Waals surface area contributed by atoms with Gasteiger partial charge in [-0.3, -0.25) is 9.78 Å². The zero-order chi connectivity index (χ0) is 23.6. The van der Waals surface area contributed by atoms with Crippen molar-refractivity contribution in [1.82, 2.24) is 14.6 Å². The number of carbonyl (C=O) groups is 1. The highest BCUT2D eigenvalue weighted by molar-refractivity contribution is 7.89. The number of nitrogens with zero attached hydrogens (tertiary/aromatic N) is 2. The number of pyridine rings is 1. The molecule has 2 unspecified atom stereocenters. The molecule has 0 spiro atoms. The molecule has 2 atom stereocenters. The molecule has 0 radical (unpaired) electrons. The van der Waals surface area contributed by atoms with Crippen molar-refractivity contribution in [3.8, 4) is 11.3 Å². The Morgan fingerprint density at radius 2 is 1.76 bits per heavy atom. The van der Waals surface area contributed by atoms with Crippen molar-refractivity contribution in [2.45, 2.75) is 30.8 Å². The summed E-state index contributed by atoms with van der Waals surface area (Å²) in [6.07, 6.45) is 1.67. The lowest BCUT2D eigenvalue weighted by Gasteiger charge is -2.35. The largest absolute Gasteiger partial charge is 0.322 e. The number of hydrogen-bond donors (Lipinski definition) is 2. The van der Waals surface area contributed by atoms with Crippen molar-refractivity contribution < 1.29 is 13.2 Å². The number of benzene rings is 2. The predicted molar refractivity (Wildman–Crippen MR) is 130 cm³/mol. The lowest BCUT2D eigenvalue weighted by atomic mass is 10.1. The summed E-state index contributed by atoms with van der Waals surface area (Å²) in [7, 11) is -3.63. The third kappa shape index (κ3) is 5.25. The van der Waals surface area contributed by atoms with Gasteiger partial charge >= 0.3 is 0 Å². The summed E-state index contributed by atoms with van der Waals surface area (Å²) in [6.45, 7) is 4.73. The van der Waals surface area contributed by atoms with Gasteiger partial charge in [0.25, 0.3) is 5.91 Å². The maximum Gasteiger partial charge on any atom is 0.255 e. The highest BCUT2D eigenvalue weighted by atomic mass is 35.5. The van der Waals surface area contributed by atoms with Crippen LogP contribution in [0, 0.1) is 0 Å². The van der Waals surface area contributed by atoms with E-state index in [1.54, 1.807) is 24.4 Å². The minimum absolute atomic E-state index is 0.0731. The third-order valence-electron chi connectivity index (χ3n) is 5.44. The molecule has 1 fully saturated rings. The van der Waals surface area contributed by atoms with Gasteiger partial charge in [-0.05, 0) is 68.4 Å². The van der Waals surface area contributed by atoms with Crippen molar-refractivity contribution in [1.29, 1.82) is 0 Å². The number of piperazine rings is 1. The molecule has 2 N–H and O–H groups in total. The first kappa shape index (κ1) is 23.4. The zero-order valence-corrected chi connectivity index (χ0v) is 19.9. The molecule has 1 aromatic heterocycles. The van der Waals surface area contributed by atoms with Gasteiger partial charge in [-0.15, -0.1) is 0 Å². The average molecular weight is 485 g/mol. The maximum absolute atomic E-state index is 13.0. The van der Waals surface area contributed by atoms with E-state index in [1.807, 2.05) is 32.0 Å². The Bertz CT molecular complexity index is 1240. The third-order valence-corrected chi connectivity index (χ3v) is 7.62. The molecule has 0 saturated carbocycles. The molecular weight excluding hydrogens is 460 g/mol. The average Bonchev–Trinajstić information content (AvgIpc) is 2.80. The fourth-order valence-electron chi connectivity index (χ4n) is 3.92. The highest BCUT2D eigenvalue weighted by Gasteiger charge is 2.31. The van der Waals surface area contributed by atoms with Crippen LogP contribution in [0.3, 0.4) is 0 Å². The fourth-order valence-corrected chi connectivity index (χ4v) is 5.76. The van der Waals surface area contributed by atoms with Gasteiger partial charge < -0.3 is 10.6 Å². The van der Waals surface area contributed by atoms with E-state index in [2.05, 4.69) is 15.6 Å². The summed E-state index contributed by atoms with van der Waals surface area (Å²) in [5.41, 5.74) is 2.32. The van der Waals surface area contributed by atoms with Gasteiger partial charge in [0.15, 0.2) is 0 Å². The summed E-state index contributed by atoms with van der Waals surface area (Å²) in [6, 6.07) is 16.8. The summed E-state index contributed by atoms with van der Waals surface area (Å²) in [5, 5.41) is 6.69. The van der Waals surface area contributed by atoms with Crippen LogP contribution in [-0.2, 0) is 10.0 Å². The molecule has 1 saturated heterocycles. The van der Waals surface area contributed by atoms with E-state index in [9.17, 15) is 13.2 Å². The second kappa shape index (κ2) is 9.61. The molecule has 0 aliphatic carbocycles. The Morgan fingerprint density at radius 1 is 1.06 bits per heavy atom. The van der Waals surface area contributed by atoms with Crippen LogP contribution in [0.25, 0.3) is 11.3 Å². The molecule has 0 bridgehead atoms. The quantitative estimate of drug-likeness (QED) is 0.570. The molecule has 2 aromatic carbocycles. The first-order valence-corrected chi connectivity index (χ1v) is 12.4. The van der Waals surface area contributed by atoms with Gasteiger partial charge in [0, 0.05) is 48.2 Å². The number of aromatic nitrogens is 1. The molecule has 9 heteroatoms. The normalized spacial score (nSPS) is 19.2. The van der Waals surface area contributed by atoms with Gasteiger partial charge in [0.1, 0.15) is 0 Å². The fraction of sp³-hybridized carbons (Fsp3) is 0.250. The topological polar surface area (TPSA) is 91.4 Å². The molecule has 3 aromatic rings. The van der Waals surface area contributed by atoms with Crippen molar-refractivity contribution in [3.63, 3.8) is 0 Å². The molecule has 1 amide bonds. The van der Waals surface area contributed by atoms with Crippen LogP contribution in [0.5, 0.6) is 0 Å². The monoisotopic (exact) mass is 484 g/mol. The van der Waals surface area contributed by atoms with E-state index in [4.69, 9.17) is 11.6 Å². The van der Waals surface area contributed by atoms with Gasteiger partial charge in [-0.1, -0.05) is 17.7 Å². The minimum Gasteiger partial charge on any atom is -0.322 e. The van der Waals surface area contributed by atoms with Gasteiger partial charge in [0.2, 0.25) is 10.0 Å². The van der Waals surface area contributed by atoms with E-state index >= 15 is 0 Å². The van der Waals surface area contributed by atoms with Gasteiger partial charge in [0.05, 0.1) is 15.6 Å². The standard InChI is InChI=1S/C24H25ClN4O3S/c1-16-14-29(15-17(2)27-16)33(31,32)20-9-6-18(7-10-20)24(30)28-19-8-11-22(25)21(13-19)23-5-3-4-12-26-23/h3-13,16-17,27H,14-15H2,1-2H3,(H,28,30). The summed E-state index contributed by atoms with van der Waals surface area (Å²) in [5.74, 6) is -0.349. The van der Waals surface area contributed by atoms with Crippen LogP contribution in [-0.4, -0.2) is 48.8 Å². The van der Waals surface area contributed by atoms with Crippen molar-refractivity contribution in [3.05, 3.63) is 77.4 Å². The van der Waals surface area contributed by atoms with Crippen molar-refractivity contribution >= 4 is 33.2 Å². The Hall–Kier alpha value is -2.78. The Labute approximate surface area is 198 Å². The molecule has 172 valence electrons. The number of rotatable bonds is 5. The second-order valence-electron chi connectivity index (χ2n) is 8.18. The summed E-state index contributed by atoms with van der Waals surface area (Å²) < 4.78 is 27.6. The van der Waals surface area contributed by atoms with Gasteiger partial charge in [-0.25, -0.2) is 8.42 Å². The van der Waals surface area contributed by atoms with Crippen LogP contribution < -0.4 is 10.6 Å². The molecule has 7 nitrogen and oxygen atoms in total. The van der Waals surface area contributed by atoms with E-state index in [1.165, 1.54) is 28.6 Å². The number of nitrogens with one attached hydrogen (secondary N) is 2. The first-order valence-electron chi connectivity index (χ1n) is 10.6. The van der Waals surface area contributed by atoms with E-state index in [-0.39, 0.29) is 22.9 Å². The van der Waals surface area contributed by atoms with Crippen LogP contribution in [0.4, 0.5) is 5.69 Å². The van der Waals surface area contributed by atoms with Crippen molar-refractivity contribution in [2.24, 2.45) is 0 Å². The number of amides is 1. The van der Waals surface area contributed by atoms with Crippen LogP contribution in [0.2, 0.25) is 5.02 Å². The second-order valence-corrected chi connectivity index (χ2v) is 10.5. The van der Waals surface area contributed by atoms with Crippen LogP contribution in [0.1, 0.15) is 24.2 Å². The Kier molecular flexibility index (Phi) is 6.81. The SMILES string of the molecule is CC1CN(S(=O)(=O)c2ccc(C(=O)Nc3ccc(Cl)c(-c4ccccn4)c3)cc2)CC(C)N1. The van der Waals surface area contributed by atoms with E-state index < -0.39 is 10.0 Å². The Balaban J connectivity index is 1.50. The summed E-state index contributed by atoms with van der Waals surface area (Å²) in [4.78, 5) is 17.2. The smallest absolute Gasteiger partial charge is 0.255 e. The van der Waals surface area contributed by atoms with Crippen LogP contribution >= 0.6 is 11.6 Å². The maximum atomic E-state index is 13.0. The van der Waals surface area contributed by atoms with E-state index in [0.717, 1.165) is 0 Å². The van der Waals surface area contributed by atoms with Crippen molar-refractivity contribution in [2.75, 3.05) is 18.4 Å². The summed E-state index contributed by atoms with van der Waals surface area (Å²) >= 11 is 6.31. The predicted octanol–water partition coefficient (Wildman–Crippen LogP) is 4.03. The molecule has 2 heterocycles. The molecule has 1 aliphatic rings. The molecule has 33 heavy (non-hydrogen) atoms. The molecule has 4 rings (SSSR count). The van der Waals surface area contributed by atoms with Crippen LogP contribution in [0.15, 0.2) is 71.8 Å². The van der Waals surface area contributed by atoms with E-state index in [0.29, 0.717) is 40.6 Å². The first-order chi connectivity index (χ1) is 15.7. The number of hydrogen-bond acceptors (Lipinski definition) is 5. The molecular formula is C24H25ClN4O3S. The lowest BCUT2D eigenvalue weighted by molar-refractivity contribution is 0.102.